The van der Waals surface area contributed by atoms with E-state index in [9.17, 15) is 0 Å². The van der Waals surface area contributed by atoms with Gasteiger partial charge in [-0.1, -0.05) is 13.8 Å². The van der Waals surface area contributed by atoms with Crippen LogP contribution in [-0.4, -0.2) is 26.4 Å². The second-order valence-corrected chi connectivity index (χ2v) is 6.65. The van der Waals surface area contributed by atoms with Crippen molar-refractivity contribution in [2.75, 3.05) is 14.2 Å². The molecule has 0 amide bonds. The number of hydrogen-bond donors (Lipinski definition) is 0. The molecule has 0 spiro atoms. The molecule has 0 radical (unpaired) electrons. The van der Waals surface area contributed by atoms with Gasteiger partial charge in [-0.15, -0.1) is 0 Å². The smallest absolute Gasteiger partial charge is 0.0599 e. The molecule has 2 aliphatic rings. The lowest BCUT2D eigenvalue weighted by Crippen LogP contribution is -2.37. The van der Waals surface area contributed by atoms with Crippen LogP contribution in [0.3, 0.4) is 0 Å². The highest BCUT2D eigenvalue weighted by atomic mass is 16.5. The van der Waals surface area contributed by atoms with Crippen molar-refractivity contribution in [2.45, 2.75) is 64.6 Å². The summed E-state index contributed by atoms with van der Waals surface area (Å²) in [5.74, 6) is 3.23. The minimum atomic E-state index is 0.490. The molecule has 106 valence electrons. The fourth-order valence-corrected chi connectivity index (χ4v) is 4.14. The van der Waals surface area contributed by atoms with Gasteiger partial charge >= 0.3 is 0 Å². The largest absolute Gasteiger partial charge is 0.381 e. The average Bonchev–Trinajstić information content (AvgIpc) is 2.40. The van der Waals surface area contributed by atoms with E-state index >= 15 is 0 Å². The average molecular weight is 254 g/mol. The van der Waals surface area contributed by atoms with Crippen LogP contribution in [0, 0.1) is 23.7 Å². The zero-order valence-corrected chi connectivity index (χ0v) is 12.5. The molecule has 0 aromatic heterocycles. The van der Waals surface area contributed by atoms with Crippen LogP contribution in [0.25, 0.3) is 0 Å². The molecule has 2 rings (SSSR count). The zero-order valence-electron chi connectivity index (χ0n) is 12.5. The van der Waals surface area contributed by atoms with E-state index in [1.807, 2.05) is 14.2 Å². The number of rotatable bonds is 3. The van der Waals surface area contributed by atoms with Gasteiger partial charge < -0.3 is 9.47 Å². The second-order valence-electron chi connectivity index (χ2n) is 6.65. The first-order valence-corrected chi connectivity index (χ1v) is 7.71. The van der Waals surface area contributed by atoms with E-state index in [0.717, 1.165) is 23.7 Å². The molecule has 2 aliphatic carbocycles. The van der Waals surface area contributed by atoms with Crippen molar-refractivity contribution in [2.24, 2.45) is 23.7 Å². The summed E-state index contributed by atoms with van der Waals surface area (Å²) in [5, 5.41) is 0. The Morgan fingerprint density at radius 3 is 1.39 bits per heavy atom. The van der Waals surface area contributed by atoms with Gasteiger partial charge in [0.05, 0.1) is 12.2 Å². The lowest BCUT2D eigenvalue weighted by molar-refractivity contribution is -0.0346. The molecule has 0 aromatic carbocycles. The Bertz CT molecular complexity index is 227. The minimum Gasteiger partial charge on any atom is -0.381 e. The van der Waals surface area contributed by atoms with Crippen molar-refractivity contribution in [3.8, 4) is 0 Å². The number of hydrogen-bond acceptors (Lipinski definition) is 2. The summed E-state index contributed by atoms with van der Waals surface area (Å²) in [6.45, 7) is 4.68. The van der Waals surface area contributed by atoms with Crippen molar-refractivity contribution in [3.63, 3.8) is 0 Å². The second kappa shape index (κ2) is 6.38. The summed E-state index contributed by atoms with van der Waals surface area (Å²) >= 11 is 0. The highest BCUT2D eigenvalue weighted by Crippen LogP contribution is 2.42. The summed E-state index contributed by atoms with van der Waals surface area (Å²) in [6.07, 6.45) is 9.00. The standard InChI is InChI=1S/C16H30O2/c1-11-5-7-13(9-15(11)17-3)14-8-6-12(2)16(10-14)18-4/h11-16H,5-10H2,1-4H3. The molecule has 2 saturated carbocycles. The Hall–Kier alpha value is -0.0800. The van der Waals surface area contributed by atoms with E-state index < -0.39 is 0 Å². The zero-order chi connectivity index (χ0) is 13.1. The van der Waals surface area contributed by atoms with E-state index in [0.29, 0.717) is 12.2 Å². The van der Waals surface area contributed by atoms with Gasteiger partial charge in [-0.25, -0.2) is 0 Å². The van der Waals surface area contributed by atoms with Crippen molar-refractivity contribution >= 4 is 0 Å². The van der Waals surface area contributed by atoms with E-state index in [4.69, 9.17) is 9.47 Å². The van der Waals surface area contributed by atoms with Crippen molar-refractivity contribution in [1.29, 1.82) is 0 Å². The first-order valence-electron chi connectivity index (χ1n) is 7.71. The van der Waals surface area contributed by atoms with E-state index in [1.165, 1.54) is 38.5 Å². The van der Waals surface area contributed by atoms with Gasteiger partial charge in [-0.2, -0.15) is 0 Å². The number of ether oxygens (including phenoxy) is 2. The predicted molar refractivity (Wildman–Crippen MR) is 74.6 cm³/mol. The van der Waals surface area contributed by atoms with Crippen LogP contribution in [-0.2, 0) is 9.47 Å². The molecule has 0 N–H and O–H groups in total. The van der Waals surface area contributed by atoms with E-state index in [2.05, 4.69) is 13.8 Å². The van der Waals surface area contributed by atoms with E-state index in [-0.39, 0.29) is 0 Å². The monoisotopic (exact) mass is 254 g/mol. The SMILES string of the molecule is COC1CC(C2CCC(C)C(OC)C2)CCC1C. The molecule has 2 heteroatoms. The Labute approximate surface area is 112 Å². The molecule has 0 saturated heterocycles. The van der Waals surface area contributed by atoms with Crippen molar-refractivity contribution in [3.05, 3.63) is 0 Å². The van der Waals surface area contributed by atoms with Crippen LogP contribution in [0.5, 0.6) is 0 Å². The normalized spacial score (nSPS) is 46.0. The first-order chi connectivity index (χ1) is 8.65. The highest BCUT2D eigenvalue weighted by Gasteiger charge is 2.36. The molecule has 2 nitrogen and oxygen atoms in total. The first kappa shape index (κ1) is 14.3. The maximum atomic E-state index is 5.67. The summed E-state index contributed by atoms with van der Waals surface area (Å²) < 4.78 is 11.3. The molecule has 18 heavy (non-hydrogen) atoms. The molecule has 0 aromatic rings. The van der Waals surface area contributed by atoms with Crippen LogP contribution in [0.4, 0.5) is 0 Å². The van der Waals surface area contributed by atoms with Crippen LogP contribution in [0.1, 0.15) is 52.4 Å². The predicted octanol–water partition coefficient (Wildman–Crippen LogP) is 3.89. The summed E-state index contributed by atoms with van der Waals surface area (Å²) in [5.41, 5.74) is 0. The van der Waals surface area contributed by atoms with Crippen LogP contribution in [0.2, 0.25) is 0 Å². The highest BCUT2D eigenvalue weighted by molar-refractivity contribution is 4.87. The van der Waals surface area contributed by atoms with Crippen LogP contribution < -0.4 is 0 Å². The van der Waals surface area contributed by atoms with Crippen LogP contribution in [0.15, 0.2) is 0 Å². The van der Waals surface area contributed by atoms with Gasteiger partial charge in [-0.05, 0) is 62.2 Å². The molecule has 0 bridgehead atoms. The topological polar surface area (TPSA) is 18.5 Å². The molecule has 0 aliphatic heterocycles. The molecule has 0 heterocycles. The Balaban J connectivity index is 1.91. The Morgan fingerprint density at radius 2 is 1.06 bits per heavy atom. The fourth-order valence-electron chi connectivity index (χ4n) is 4.14. The summed E-state index contributed by atoms with van der Waals surface area (Å²) in [6, 6.07) is 0. The van der Waals surface area contributed by atoms with Crippen molar-refractivity contribution < 1.29 is 9.47 Å². The Morgan fingerprint density at radius 1 is 0.667 bits per heavy atom. The van der Waals surface area contributed by atoms with E-state index in [1.54, 1.807) is 0 Å². The maximum absolute atomic E-state index is 5.67. The maximum Gasteiger partial charge on any atom is 0.0599 e. The molecule has 2 fully saturated rings. The molecular weight excluding hydrogens is 224 g/mol. The fraction of sp³-hybridized carbons (Fsp3) is 1.00. The molecule has 6 unspecified atom stereocenters. The third-order valence-electron chi connectivity index (χ3n) is 5.60. The van der Waals surface area contributed by atoms with Gasteiger partial charge in [0.2, 0.25) is 0 Å². The summed E-state index contributed by atoms with van der Waals surface area (Å²) in [7, 11) is 3.76. The Kier molecular flexibility index (Phi) is 5.08. The third kappa shape index (κ3) is 3.08. The van der Waals surface area contributed by atoms with Gasteiger partial charge in [0, 0.05) is 14.2 Å². The number of methoxy groups -OCH3 is 2. The van der Waals surface area contributed by atoms with Gasteiger partial charge in [-0.3, -0.25) is 0 Å². The van der Waals surface area contributed by atoms with Gasteiger partial charge in [0.15, 0.2) is 0 Å². The van der Waals surface area contributed by atoms with Crippen molar-refractivity contribution in [1.82, 2.24) is 0 Å². The third-order valence-corrected chi connectivity index (χ3v) is 5.60. The quantitative estimate of drug-likeness (QED) is 0.760. The van der Waals surface area contributed by atoms with Gasteiger partial charge in [0.25, 0.3) is 0 Å². The molecule has 6 atom stereocenters. The van der Waals surface area contributed by atoms with Gasteiger partial charge in [0.1, 0.15) is 0 Å². The minimum absolute atomic E-state index is 0.490. The molecular formula is C16H30O2. The summed E-state index contributed by atoms with van der Waals surface area (Å²) in [4.78, 5) is 0. The van der Waals surface area contributed by atoms with Crippen LogP contribution >= 0.6 is 0 Å². The lowest BCUT2D eigenvalue weighted by atomic mass is 9.68. The lowest BCUT2D eigenvalue weighted by Gasteiger charge is -2.42.